The lowest BCUT2D eigenvalue weighted by atomic mass is 10.2. The standard InChI is InChI=1S/C12H14ClN3O3S/c1-2-16-11(9-4-3-5-10(13)8-9)14-15-12(16)20(18,19)7-6-17/h3-5,8,17H,2,6-7H2,1H3. The SMILES string of the molecule is CCn1c(-c2cccc(Cl)c2)nnc1S(=O)(=O)CCO. The molecule has 1 N–H and O–H groups in total. The molecule has 8 heteroatoms. The molecule has 0 aliphatic carbocycles. The van der Waals surface area contributed by atoms with Crippen LogP contribution < -0.4 is 0 Å². The highest BCUT2D eigenvalue weighted by Crippen LogP contribution is 2.23. The van der Waals surface area contributed by atoms with E-state index in [4.69, 9.17) is 16.7 Å². The van der Waals surface area contributed by atoms with Crippen LogP contribution in [-0.4, -0.2) is 40.6 Å². The second-order valence-electron chi connectivity index (χ2n) is 4.10. The number of halogens is 1. The summed E-state index contributed by atoms with van der Waals surface area (Å²) in [6, 6.07) is 6.96. The Kier molecular flexibility index (Phi) is 4.42. The van der Waals surface area contributed by atoms with E-state index in [1.165, 1.54) is 4.57 Å². The van der Waals surface area contributed by atoms with Gasteiger partial charge < -0.3 is 5.11 Å². The number of benzene rings is 1. The van der Waals surface area contributed by atoms with E-state index in [-0.39, 0.29) is 10.9 Å². The van der Waals surface area contributed by atoms with Crippen molar-refractivity contribution in [3.8, 4) is 11.4 Å². The van der Waals surface area contributed by atoms with Gasteiger partial charge in [-0.05, 0) is 19.1 Å². The maximum atomic E-state index is 12.0. The zero-order chi connectivity index (χ0) is 14.8. The van der Waals surface area contributed by atoms with Crippen molar-refractivity contribution < 1.29 is 13.5 Å². The van der Waals surface area contributed by atoms with E-state index >= 15 is 0 Å². The van der Waals surface area contributed by atoms with Crippen molar-refractivity contribution >= 4 is 21.4 Å². The zero-order valence-electron chi connectivity index (χ0n) is 10.8. The van der Waals surface area contributed by atoms with E-state index < -0.39 is 16.4 Å². The van der Waals surface area contributed by atoms with Gasteiger partial charge in [-0.25, -0.2) is 8.42 Å². The van der Waals surface area contributed by atoms with Crippen molar-refractivity contribution in [3.05, 3.63) is 29.3 Å². The topological polar surface area (TPSA) is 85.1 Å². The highest BCUT2D eigenvalue weighted by molar-refractivity contribution is 7.91. The molecule has 0 amide bonds. The van der Waals surface area contributed by atoms with E-state index in [0.717, 1.165) is 0 Å². The van der Waals surface area contributed by atoms with Crippen LogP contribution in [0.1, 0.15) is 6.92 Å². The third-order valence-electron chi connectivity index (χ3n) is 2.75. The number of nitrogens with zero attached hydrogens (tertiary/aromatic N) is 3. The summed E-state index contributed by atoms with van der Waals surface area (Å²) in [7, 11) is -3.64. The largest absolute Gasteiger partial charge is 0.395 e. The molecule has 2 rings (SSSR count). The Morgan fingerprint density at radius 3 is 2.70 bits per heavy atom. The summed E-state index contributed by atoms with van der Waals surface area (Å²) < 4.78 is 25.5. The fraction of sp³-hybridized carbons (Fsp3) is 0.333. The Labute approximate surface area is 121 Å². The minimum absolute atomic E-state index is 0.135. The molecule has 0 radical (unpaired) electrons. The van der Waals surface area contributed by atoms with Gasteiger partial charge in [-0.15, -0.1) is 10.2 Å². The molecule has 0 atom stereocenters. The number of hydrogen-bond donors (Lipinski definition) is 1. The maximum absolute atomic E-state index is 12.0. The lowest BCUT2D eigenvalue weighted by molar-refractivity contribution is 0.319. The number of rotatable bonds is 5. The van der Waals surface area contributed by atoms with Crippen LogP contribution in [0.3, 0.4) is 0 Å². The van der Waals surface area contributed by atoms with Crippen LogP contribution >= 0.6 is 11.6 Å². The molecule has 0 saturated heterocycles. The van der Waals surface area contributed by atoms with Crippen LogP contribution in [0, 0.1) is 0 Å². The molecule has 1 aromatic carbocycles. The van der Waals surface area contributed by atoms with Crippen molar-refractivity contribution in [3.63, 3.8) is 0 Å². The Bertz CT molecular complexity index is 712. The normalized spacial score (nSPS) is 11.8. The fourth-order valence-electron chi connectivity index (χ4n) is 1.86. The van der Waals surface area contributed by atoms with Crippen LogP contribution in [0.15, 0.2) is 29.4 Å². The van der Waals surface area contributed by atoms with Crippen molar-refractivity contribution in [2.75, 3.05) is 12.4 Å². The first-order valence-corrected chi connectivity index (χ1v) is 8.05. The second kappa shape index (κ2) is 5.90. The predicted molar refractivity (Wildman–Crippen MR) is 75.3 cm³/mol. The first kappa shape index (κ1) is 15.0. The molecule has 0 aliphatic rings. The van der Waals surface area contributed by atoms with E-state index in [1.54, 1.807) is 31.2 Å². The molecule has 0 bridgehead atoms. The van der Waals surface area contributed by atoms with Gasteiger partial charge in [-0.1, -0.05) is 23.7 Å². The molecule has 0 spiro atoms. The van der Waals surface area contributed by atoms with Crippen LogP contribution in [0.5, 0.6) is 0 Å². The molecule has 0 unspecified atom stereocenters. The van der Waals surface area contributed by atoms with Crippen molar-refractivity contribution in [2.45, 2.75) is 18.6 Å². The van der Waals surface area contributed by atoms with Crippen LogP contribution in [-0.2, 0) is 16.4 Å². The lowest BCUT2D eigenvalue weighted by Crippen LogP contribution is -2.16. The Morgan fingerprint density at radius 2 is 2.10 bits per heavy atom. The number of sulfone groups is 1. The van der Waals surface area contributed by atoms with Crippen LogP contribution in [0.25, 0.3) is 11.4 Å². The fourth-order valence-corrected chi connectivity index (χ4v) is 3.19. The van der Waals surface area contributed by atoms with Gasteiger partial charge >= 0.3 is 0 Å². The third kappa shape index (κ3) is 2.84. The second-order valence-corrected chi connectivity index (χ2v) is 6.54. The number of aliphatic hydroxyl groups is 1. The van der Waals surface area contributed by atoms with Gasteiger partial charge in [0.2, 0.25) is 15.0 Å². The molecule has 0 saturated carbocycles. The number of aromatic nitrogens is 3. The zero-order valence-corrected chi connectivity index (χ0v) is 12.4. The predicted octanol–water partition coefficient (Wildman–Crippen LogP) is 1.38. The van der Waals surface area contributed by atoms with Gasteiger partial charge in [0.15, 0.2) is 5.82 Å². The van der Waals surface area contributed by atoms with E-state index in [0.29, 0.717) is 23.0 Å². The van der Waals surface area contributed by atoms with E-state index in [2.05, 4.69) is 10.2 Å². The summed E-state index contributed by atoms with van der Waals surface area (Å²) in [6.45, 7) is 1.75. The van der Waals surface area contributed by atoms with Crippen molar-refractivity contribution in [1.82, 2.24) is 14.8 Å². The van der Waals surface area contributed by atoms with Gasteiger partial charge in [0, 0.05) is 17.1 Å². The first-order valence-electron chi connectivity index (χ1n) is 6.02. The minimum Gasteiger partial charge on any atom is -0.395 e. The third-order valence-corrected chi connectivity index (χ3v) is 4.57. The Hall–Kier alpha value is -1.44. The van der Waals surface area contributed by atoms with Crippen molar-refractivity contribution in [1.29, 1.82) is 0 Å². The van der Waals surface area contributed by atoms with E-state index in [1.807, 2.05) is 0 Å². The van der Waals surface area contributed by atoms with E-state index in [9.17, 15) is 8.42 Å². The first-order chi connectivity index (χ1) is 9.49. The van der Waals surface area contributed by atoms with Gasteiger partial charge in [0.25, 0.3) is 0 Å². The molecule has 2 aromatic rings. The summed E-state index contributed by atoms with van der Waals surface area (Å²) in [6.07, 6.45) is 0. The Morgan fingerprint density at radius 1 is 1.35 bits per heavy atom. The average molecular weight is 316 g/mol. The summed E-state index contributed by atoms with van der Waals surface area (Å²) >= 11 is 5.93. The minimum atomic E-state index is -3.64. The van der Waals surface area contributed by atoms with Gasteiger partial charge in [-0.2, -0.15) is 0 Å². The van der Waals surface area contributed by atoms with Crippen LogP contribution in [0.4, 0.5) is 0 Å². The number of hydrogen-bond acceptors (Lipinski definition) is 5. The quantitative estimate of drug-likeness (QED) is 0.901. The summed E-state index contributed by atoms with van der Waals surface area (Å²) in [4.78, 5) is 0. The smallest absolute Gasteiger partial charge is 0.250 e. The average Bonchev–Trinajstić information content (AvgIpc) is 2.83. The lowest BCUT2D eigenvalue weighted by Gasteiger charge is -2.07. The summed E-state index contributed by atoms with van der Waals surface area (Å²) in [5, 5.41) is 16.9. The molecule has 1 heterocycles. The van der Waals surface area contributed by atoms with Crippen LogP contribution in [0.2, 0.25) is 5.02 Å². The van der Waals surface area contributed by atoms with Gasteiger partial charge in [-0.3, -0.25) is 4.57 Å². The molecular formula is C12H14ClN3O3S. The van der Waals surface area contributed by atoms with Gasteiger partial charge in [0.1, 0.15) is 0 Å². The molecule has 1 aromatic heterocycles. The molecule has 20 heavy (non-hydrogen) atoms. The summed E-state index contributed by atoms with van der Waals surface area (Å²) in [5.41, 5.74) is 0.692. The maximum Gasteiger partial charge on any atom is 0.250 e. The summed E-state index contributed by atoms with van der Waals surface area (Å²) in [5.74, 6) is 0.0623. The monoisotopic (exact) mass is 315 g/mol. The molecule has 0 fully saturated rings. The molecule has 108 valence electrons. The number of aliphatic hydroxyl groups excluding tert-OH is 1. The van der Waals surface area contributed by atoms with Crippen molar-refractivity contribution in [2.24, 2.45) is 0 Å². The molecule has 0 aliphatic heterocycles. The highest BCUT2D eigenvalue weighted by Gasteiger charge is 2.24. The van der Waals surface area contributed by atoms with Gasteiger partial charge in [0.05, 0.1) is 12.4 Å². The Balaban J connectivity index is 2.56. The molecular weight excluding hydrogens is 302 g/mol. The highest BCUT2D eigenvalue weighted by atomic mass is 35.5. The molecule has 6 nitrogen and oxygen atoms in total.